The molecular formula is C10H14N2O2S. The van der Waals surface area contributed by atoms with Crippen molar-refractivity contribution in [3.8, 4) is 0 Å². The van der Waals surface area contributed by atoms with Crippen molar-refractivity contribution in [2.75, 3.05) is 16.3 Å². The van der Waals surface area contributed by atoms with E-state index in [-0.39, 0.29) is 6.04 Å². The molecule has 15 heavy (non-hydrogen) atoms. The first-order valence-electron chi connectivity index (χ1n) is 4.84. The number of anilines is 2. The number of hydrogen-bond acceptors (Lipinski definition) is 3. The Kier molecular flexibility index (Phi) is 2.34. The topological polar surface area (TPSA) is 63.4 Å². The number of nitrogens with zero attached hydrogens (tertiary/aromatic N) is 1. The molecule has 0 bridgehead atoms. The van der Waals surface area contributed by atoms with E-state index in [4.69, 9.17) is 5.73 Å². The zero-order chi connectivity index (χ0) is 11.1. The monoisotopic (exact) mass is 226 g/mol. The predicted molar refractivity (Wildman–Crippen MR) is 61.2 cm³/mol. The highest BCUT2D eigenvalue weighted by Gasteiger charge is 2.35. The zero-order valence-electron chi connectivity index (χ0n) is 8.55. The van der Waals surface area contributed by atoms with Gasteiger partial charge < -0.3 is 5.73 Å². The first-order chi connectivity index (χ1) is 7.00. The maximum Gasteiger partial charge on any atom is 0.232 e. The largest absolute Gasteiger partial charge is 0.397 e. The second-order valence-electron chi connectivity index (χ2n) is 3.85. The Labute approximate surface area is 89.7 Å². The Bertz CT molecular complexity index is 466. The summed E-state index contributed by atoms with van der Waals surface area (Å²) in [5, 5.41) is 0. The highest BCUT2D eigenvalue weighted by atomic mass is 32.2. The van der Waals surface area contributed by atoms with E-state index in [2.05, 4.69) is 0 Å². The maximum atomic E-state index is 11.6. The lowest BCUT2D eigenvalue weighted by molar-refractivity contribution is 0.596. The maximum absolute atomic E-state index is 11.6. The van der Waals surface area contributed by atoms with Gasteiger partial charge in [0.05, 0.1) is 17.6 Å². The van der Waals surface area contributed by atoms with Crippen LogP contribution in [0.3, 0.4) is 0 Å². The van der Waals surface area contributed by atoms with Crippen molar-refractivity contribution in [1.82, 2.24) is 0 Å². The van der Waals surface area contributed by atoms with Crippen LogP contribution >= 0.6 is 0 Å². The van der Waals surface area contributed by atoms with Gasteiger partial charge in [0.1, 0.15) is 0 Å². The van der Waals surface area contributed by atoms with Crippen LogP contribution in [0.5, 0.6) is 0 Å². The highest BCUT2D eigenvalue weighted by molar-refractivity contribution is 7.92. The minimum atomic E-state index is -3.22. The van der Waals surface area contributed by atoms with Crippen LogP contribution in [0.1, 0.15) is 12.8 Å². The van der Waals surface area contributed by atoms with E-state index in [1.807, 2.05) is 0 Å². The molecular weight excluding hydrogens is 212 g/mol. The van der Waals surface area contributed by atoms with Crippen LogP contribution in [0.2, 0.25) is 0 Å². The third-order valence-electron chi connectivity index (χ3n) is 2.41. The number of para-hydroxylation sites is 2. The molecule has 0 saturated heterocycles. The van der Waals surface area contributed by atoms with Gasteiger partial charge in [-0.15, -0.1) is 0 Å². The average molecular weight is 226 g/mol. The van der Waals surface area contributed by atoms with Crippen molar-refractivity contribution < 1.29 is 8.42 Å². The van der Waals surface area contributed by atoms with E-state index in [9.17, 15) is 8.42 Å². The van der Waals surface area contributed by atoms with Crippen molar-refractivity contribution >= 4 is 21.4 Å². The van der Waals surface area contributed by atoms with Gasteiger partial charge in [0, 0.05) is 6.04 Å². The van der Waals surface area contributed by atoms with Gasteiger partial charge in [0.25, 0.3) is 0 Å². The van der Waals surface area contributed by atoms with Gasteiger partial charge >= 0.3 is 0 Å². The van der Waals surface area contributed by atoms with Gasteiger partial charge in [0.2, 0.25) is 10.0 Å². The summed E-state index contributed by atoms with van der Waals surface area (Å²) in [4.78, 5) is 0. The zero-order valence-corrected chi connectivity index (χ0v) is 9.37. The first-order valence-corrected chi connectivity index (χ1v) is 6.69. The minimum Gasteiger partial charge on any atom is -0.397 e. The molecule has 1 saturated carbocycles. The number of sulfonamides is 1. The molecule has 1 aliphatic carbocycles. The number of nitrogen functional groups attached to an aromatic ring is 1. The Balaban J connectivity index is 2.46. The molecule has 0 aromatic heterocycles. The second-order valence-corrected chi connectivity index (χ2v) is 5.71. The summed E-state index contributed by atoms with van der Waals surface area (Å²) in [7, 11) is -3.22. The van der Waals surface area contributed by atoms with Crippen molar-refractivity contribution in [3.63, 3.8) is 0 Å². The molecule has 0 atom stereocenters. The van der Waals surface area contributed by atoms with Gasteiger partial charge in [-0.3, -0.25) is 4.31 Å². The standard InChI is InChI=1S/C10H14N2O2S/c1-15(13,14)12(8-6-7-8)10-5-3-2-4-9(10)11/h2-5,8H,6-7,11H2,1H3. The molecule has 1 aromatic carbocycles. The Hall–Kier alpha value is -1.23. The highest BCUT2D eigenvalue weighted by Crippen LogP contribution is 2.36. The summed E-state index contributed by atoms with van der Waals surface area (Å²) >= 11 is 0. The normalized spacial score (nSPS) is 16.3. The van der Waals surface area contributed by atoms with E-state index >= 15 is 0 Å². The van der Waals surface area contributed by atoms with Crippen LogP contribution in [-0.2, 0) is 10.0 Å². The SMILES string of the molecule is CS(=O)(=O)N(c1ccccc1N)C1CC1. The third kappa shape index (κ3) is 2.07. The van der Waals surface area contributed by atoms with E-state index in [1.165, 1.54) is 10.6 Å². The molecule has 2 N–H and O–H groups in total. The van der Waals surface area contributed by atoms with E-state index in [0.29, 0.717) is 11.4 Å². The molecule has 0 amide bonds. The van der Waals surface area contributed by atoms with Crippen LogP contribution in [0.15, 0.2) is 24.3 Å². The molecule has 0 radical (unpaired) electrons. The fourth-order valence-corrected chi connectivity index (χ4v) is 2.92. The molecule has 82 valence electrons. The number of hydrogen-bond donors (Lipinski definition) is 1. The molecule has 2 rings (SSSR count). The van der Waals surface area contributed by atoms with Crippen LogP contribution < -0.4 is 10.0 Å². The summed E-state index contributed by atoms with van der Waals surface area (Å²) in [6.45, 7) is 0. The predicted octanol–water partition coefficient (Wildman–Crippen LogP) is 1.20. The Morgan fingerprint density at radius 2 is 1.93 bits per heavy atom. The lowest BCUT2D eigenvalue weighted by Gasteiger charge is -2.23. The van der Waals surface area contributed by atoms with Crippen molar-refractivity contribution in [3.05, 3.63) is 24.3 Å². The fourth-order valence-electron chi connectivity index (χ4n) is 1.64. The molecule has 0 spiro atoms. The van der Waals surface area contributed by atoms with Gasteiger partial charge in [0.15, 0.2) is 0 Å². The van der Waals surface area contributed by atoms with Crippen LogP contribution in [0, 0.1) is 0 Å². The molecule has 1 aliphatic rings. The van der Waals surface area contributed by atoms with Gasteiger partial charge in [-0.1, -0.05) is 12.1 Å². The third-order valence-corrected chi connectivity index (χ3v) is 3.62. The smallest absolute Gasteiger partial charge is 0.232 e. The molecule has 4 nitrogen and oxygen atoms in total. The Morgan fingerprint density at radius 3 is 2.40 bits per heavy atom. The molecule has 1 aromatic rings. The molecule has 5 heteroatoms. The fraction of sp³-hybridized carbons (Fsp3) is 0.400. The van der Waals surface area contributed by atoms with Crippen LogP contribution in [0.25, 0.3) is 0 Å². The summed E-state index contributed by atoms with van der Waals surface area (Å²) in [6, 6.07) is 7.16. The van der Waals surface area contributed by atoms with Gasteiger partial charge in [-0.05, 0) is 25.0 Å². The molecule has 0 aliphatic heterocycles. The van der Waals surface area contributed by atoms with E-state index in [1.54, 1.807) is 24.3 Å². The van der Waals surface area contributed by atoms with E-state index in [0.717, 1.165) is 12.8 Å². The minimum absolute atomic E-state index is 0.102. The summed E-state index contributed by atoms with van der Waals surface area (Å²) in [5.74, 6) is 0. The summed E-state index contributed by atoms with van der Waals surface area (Å²) in [5.41, 5.74) is 6.89. The van der Waals surface area contributed by atoms with Gasteiger partial charge in [-0.25, -0.2) is 8.42 Å². The van der Waals surface area contributed by atoms with Crippen molar-refractivity contribution in [2.24, 2.45) is 0 Å². The molecule has 0 unspecified atom stereocenters. The van der Waals surface area contributed by atoms with Crippen LogP contribution in [0.4, 0.5) is 11.4 Å². The molecule has 1 fully saturated rings. The number of rotatable bonds is 3. The summed E-state index contributed by atoms with van der Waals surface area (Å²) in [6.07, 6.45) is 3.06. The number of nitrogens with two attached hydrogens (primary N) is 1. The Morgan fingerprint density at radius 1 is 1.33 bits per heavy atom. The molecule has 0 heterocycles. The van der Waals surface area contributed by atoms with Crippen molar-refractivity contribution in [2.45, 2.75) is 18.9 Å². The lowest BCUT2D eigenvalue weighted by Crippen LogP contribution is -2.32. The van der Waals surface area contributed by atoms with Crippen molar-refractivity contribution in [1.29, 1.82) is 0 Å². The first kappa shape index (κ1) is 10.3. The van der Waals surface area contributed by atoms with Crippen LogP contribution in [-0.4, -0.2) is 20.7 Å². The van der Waals surface area contributed by atoms with E-state index < -0.39 is 10.0 Å². The number of benzene rings is 1. The lowest BCUT2D eigenvalue weighted by atomic mass is 10.2. The summed E-state index contributed by atoms with van der Waals surface area (Å²) < 4.78 is 24.7. The second kappa shape index (κ2) is 3.41. The quantitative estimate of drug-likeness (QED) is 0.788. The van der Waals surface area contributed by atoms with Gasteiger partial charge in [-0.2, -0.15) is 0 Å². The average Bonchev–Trinajstić information content (AvgIpc) is 2.90.